The second-order valence-corrected chi connectivity index (χ2v) is 6.04. The van der Waals surface area contributed by atoms with Crippen LogP contribution >= 0.6 is 0 Å². The van der Waals surface area contributed by atoms with Crippen LogP contribution in [0.2, 0.25) is 0 Å². The highest BCUT2D eigenvalue weighted by atomic mass is 32.2. The molecule has 2 aromatic rings. The Hall–Kier alpha value is -1.82. The highest BCUT2D eigenvalue weighted by Gasteiger charge is 2.18. The number of hydrogen-bond donors (Lipinski definition) is 1. The van der Waals surface area contributed by atoms with E-state index in [0.717, 1.165) is 11.3 Å². The molecule has 0 amide bonds. The Morgan fingerprint density at radius 3 is 2.63 bits per heavy atom. The number of aryl methyl sites for hydroxylation is 3. The van der Waals surface area contributed by atoms with Crippen molar-refractivity contribution in [3.8, 4) is 0 Å². The van der Waals surface area contributed by atoms with Crippen molar-refractivity contribution in [1.29, 1.82) is 0 Å². The van der Waals surface area contributed by atoms with E-state index in [2.05, 4.69) is 9.82 Å². The van der Waals surface area contributed by atoms with Gasteiger partial charge in [-0.2, -0.15) is 5.10 Å². The molecule has 0 aliphatic rings. The first-order chi connectivity index (χ1) is 8.94. The Morgan fingerprint density at radius 2 is 2.00 bits per heavy atom. The average molecular weight is 279 g/mol. The van der Waals surface area contributed by atoms with E-state index < -0.39 is 10.0 Å². The minimum Gasteiger partial charge on any atom is -0.276 e. The van der Waals surface area contributed by atoms with Crippen molar-refractivity contribution < 1.29 is 8.42 Å². The molecule has 0 unspecified atom stereocenters. The summed E-state index contributed by atoms with van der Waals surface area (Å²) in [5, 5.41) is 4.22. The predicted octanol–water partition coefficient (Wildman–Crippen LogP) is 2.09. The van der Waals surface area contributed by atoms with Crippen molar-refractivity contribution in [2.45, 2.75) is 25.2 Å². The van der Waals surface area contributed by atoms with E-state index >= 15 is 0 Å². The lowest BCUT2D eigenvalue weighted by molar-refractivity contribution is 0.600. The molecule has 0 bridgehead atoms. The Labute approximate surface area is 113 Å². The molecular weight excluding hydrogens is 262 g/mol. The monoisotopic (exact) mass is 279 g/mol. The van der Waals surface area contributed by atoms with Gasteiger partial charge in [0.1, 0.15) is 0 Å². The van der Waals surface area contributed by atoms with Crippen molar-refractivity contribution in [2.24, 2.45) is 7.05 Å². The molecule has 1 heterocycles. The predicted molar refractivity (Wildman–Crippen MR) is 74.6 cm³/mol. The van der Waals surface area contributed by atoms with Crippen molar-refractivity contribution in [3.05, 3.63) is 41.7 Å². The Morgan fingerprint density at radius 1 is 1.32 bits per heavy atom. The summed E-state index contributed by atoms with van der Waals surface area (Å²) in [6, 6.07) is 6.90. The summed E-state index contributed by atoms with van der Waals surface area (Å²) < 4.78 is 28.9. The maximum Gasteiger partial charge on any atom is 0.262 e. The van der Waals surface area contributed by atoms with Crippen LogP contribution in [0.1, 0.15) is 18.2 Å². The van der Waals surface area contributed by atoms with E-state index in [4.69, 9.17) is 0 Å². The molecule has 0 spiro atoms. The van der Waals surface area contributed by atoms with E-state index in [-0.39, 0.29) is 0 Å². The van der Waals surface area contributed by atoms with Gasteiger partial charge in [-0.05, 0) is 25.0 Å². The van der Waals surface area contributed by atoms with E-state index in [1.54, 1.807) is 43.0 Å². The van der Waals surface area contributed by atoms with Crippen molar-refractivity contribution in [1.82, 2.24) is 9.78 Å². The molecule has 1 aromatic heterocycles. The van der Waals surface area contributed by atoms with Crippen molar-refractivity contribution in [2.75, 3.05) is 4.72 Å². The van der Waals surface area contributed by atoms with Crippen LogP contribution in [0.15, 0.2) is 35.4 Å². The first-order valence-corrected chi connectivity index (χ1v) is 7.53. The third-order valence-corrected chi connectivity index (χ3v) is 4.39. The Balaban J connectivity index is 2.39. The van der Waals surface area contributed by atoms with Crippen LogP contribution in [0.25, 0.3) is 0 Å². The molecule has 19 heavy (non-hydrogen) atoms. The fraction of sp³-hybridized carbons (Fsp3) is 0.308. The van der Waals surface area contributed by atoms with Crippen LogP contribution in [0.3, 0.4) is 0 Å². The van der Waals surface area contributed by atoms with Gasteiger partial charge in [0.15, 0.2) is 0 Å². The number of rotatable bonds is 4. The van der Waals surface area contributed by atoms with E-state index in [0.29, 0.717) is 17.0 Å². The first kappa shape index (κ1) is 13.6. The number of nitrogens with one attached hydrogen (secondary N) is 1. The fourth-order valence-electron chi connectivity index (χ4n) is 1.94. The van der Waals surface area contributed by atoms with Gasteiger partial charge in [-0.15, -0.1) is 0 Å². The summed E-state index contributed by atoms with van der Waals surface area (Å²) in [5.74, 6) is 0. The Bertz CT molecular complexity index is 690. The fourth-order valence-corrected chi connectivity index (χ4v) is 3.26. The summed E-state index contributed by atoms with van der Waals surface area (Å²) in [7, 11) is -1.80. The molecule has 0 aliphatic heterocycles. The summed E-state index contributed by atoms with van der Waals surface area (Å²) in [4.78, 5) is 0.293. The van der Waals surface area contributed by atoms with Gasteiger partial charge in [-0.3, -0.25) is 9.40 Å². The summed E-state index contributed by atoms with van der Waals surface area (Å²) in [6.07, 6.45) is 2.35. The quantitative estimate of drug-likeness (QED) is 0.932. The molecule has 0 atom stereocenters. The van der Waals surface area contributed by atoms with Crippen LogP contribution in [-0.4, -0.2) is 18.2 Å². The molecule has 2 rings (SSSR count). The average Bonchev–Trinajstić information content (AvgIpc) is 2.69. The number of anilines is 1. The normalized spacial score (nSPS) is 11.5. The third kappa shape index (κ3) is 2.78. The molecule has 0 saturated heterocycles. The number of sulfonamides is 1. The van der Waals surface area contributed by atoms with Crippen molar-refractivity contribution in [3.63, 3.8) is 0 Å². The molecule has 0 radical (unpaired) electrons. The van der Waals surface area contributed by atoms with Gasteiger partial charge >= 0.3 is 0 Å². The van der Waals surface area contributed by atoms with Gasteiger partial charge in [0.2, 0.25) is 0 Å². The first-order valence-electron chi connectivity index (χ1n) is 6.05. The van der Waals surface area contributed by atoms with Crippen LogP contribution in [0.5, 0.6) is 0 Å². The maximum atomic E-state index is 12.4. The largest absolute Gasteiger partial charge is 0.276 e. The minimum absolute atomic E-state index is 0.293. The topological polar surface area (TPSA) is 64.0 Å². The molecule has 0 fully saturated rings. The number of aromatic nitrogens is 2. The summed E-state index contributed by atoms with van der Waals surface area (Å²) in [5.41, 5.74) is 1.99. The lowest BCUT2D eigenvalue weighted by Gasteiger charge is -2.09. The SMILES string of the molecule is CCc1nn(C)cc1NS(=O)(=O)c1ccccc1C. The van der Waals surface area contributed by atoms with Gasteiger partial charge in [0.05, 0.1) is 16.3 Å². The highest BCUT2D eigenvalue weighted by Crippen LogP contribution is 2.21. The zero-order valence-corrected chi connectivity index (χ0v) is 12.0. The number of hydrogen-bond acceptors (Lipinski definition) is 3. The van der Waals surface area contributed by atoms with Crippen molar-refractivity contribution >= 4 is 15.7 Å². The van der Waals surface area contributed by atoms with E-state index in [1.165, 1.54) is 0 Å². The number of nitrogens with zero attached hydrogens (tertiary/aromatic N) is 2. The zero-order valence-electron chi connectivity index (χ0n) is 11.2. The Kier molecular flexibility index (Phi) is 3.61. The summed E-state index contributed by atoms with van der Waals surface area (Å²) in [6.45, 7) is 3.71. The molecule has 0 aliphatic carbocycles. The highest BCUT2D eigenvalue weighted by molar-refractivity contribution is 7.92. The second kappa shape index (κ2) is 5.05. The maximum absolute atomic E-state index is 12.4. The van der Waals surface area contributed by atoms with Crippen LogP contribution in [0, 0.1) is 6.92 Å². The van der Waals surface area contributed by atoms with Gasteiger partial charge in [0, 0.05) is 13.2 Å². The van der Waals surface area contributed by atoms with Gasteiger partial charge in [-0.25, -0.2) is 8.42 Å². The zero-order chi connectivity index (χ0) is 14.0. The van der Waals surface area contributed by atoms with Gasteiger partial charge in [0.25, 0.3) is 10.0 Å². The summed E-state index contributed by atoms with van der Waals surface area (Å²) >= 11 is 0. The van der Waals surface area contributed by atoms with E-state index in [9.17, 15) is 8.42 Å². The molecule has 6 heteroatoms. The molecule has 5 nitrogen and oxygen atoms in total. The molecule has 1 N–H and O–H groups in total. The van der Waals surface area contributed by atoms with Gasteiger partial charge in [-0.1, -0.05) is 25.1 Å². The lowest BCUT2D eigenvalue weighted by atomic mass is 10.2. The van der Waals surface area contributed by atoms with Crippen LogP contribution < -0.4 is 4.72 Å². The lowest BCUT2D eigenvalue weighted by Crippen LogP contribution is -2.14. The third-order valence-electron chi connectivity index (χ3n) is 2.87. The molecule has 1 aromatic carbocycles. The molecule has 0 saturated carbocycles. The minimum atomic E-state index is -3.57. The van der Waals surface area contributed by atoms with Crippen LogP contribution in [0.4, 0.5) is 5.69 Å². The number of benzene rings is 1. The smallest absolute Gasteiger partial charge is 0.262 e. The molecule has 102 valence electrons. The van der Waals surface area contributed by atoms with Crippen LogP contribution in [-0.2, 0) is 23.5 Å². The van der Waals surface area contributed by atoms with Gasteiger partial charge < -0.3 is 0 Å². The second-order valence-electron chi connectivity index (χ2n) is 4.39. The molecular formula is C13H17N3O2S. The van der Waals surface area contributed by atoms with E-state index in [1.807, 2.05) is 13.0 Å². The standard InChI is InChI=1S/C13H17N3O2S/c1-4-11-12(9-16(3)14-11)15-19(17,18)13-8-6-5-7-10(13)2/h5-9,15H,4H2,1-3H3.